The Morgan fingerprint density at radius 2 is 2.15 bits per heavy atom. The Hall–Kier alpha value is -0.770. The molecule has 1 aromatic carbocycles. The number of aliphatic hydroxyl groups is 1. The molecule has 0 radical (unpaired) electrons. The number of halogens is 1. The molecule has 3 nitrogen and oxygen atoms in total. The first-order valence-corrected chi connectivity index (χ1v) is 8.01. The lowest BCUT2D eigenvalue weighted by atomic mass is 9.97. The lowest BCUT2D eigenvalue weighted by molar-refractivity contribution is 0.208. The molecule has 1 aromatic rings. The van der Waals surface area contributed by atoms with Crippen molar-refractivity contribution in [3.63, 3.8) is 0 Å². The number of benzene rings is 1. The van der Waals surface area contributed by atoms with Gasteiger partial charge < -0.3 is 15.3 Å². The molecule has 1 unspecified atom stereocenters. The molecule has 3 rings (SSSR count). The van der Waals surface area contributed by atoms with Crippen LogP contribution in [0.5, 0.6) is 0 Å². The zero-order valence-corrected chi connectivity index (χ0v) is 12.6. The summed E-state index contributed by atoms with van der Waals surface area (Å²) in [6.45, 7) is 3.21. The van der Waals surface area contributed by atoms with E-state index in [4.69, 9.17) is 11.6 Å². The molecule has 2 N–H and O–H groups in total. The van der Waals surface area contributed by atoms with Crippen LogP contribution >= 0.6 is 11.6 Å². The van der Waals surface area contributed by atoms with Crippen LogP contribution in [0, 0.1) is 5.92 Å². The van der Waals surface area contributed by atoms with E-state index in [9.17, 15) is 5.11 Å². The highest BCUT2D eigenvalue weighted by Gasteiger charge is 2.23. The zero-order valence-electron chi connectivity index (χ0n) is 11.8. The molecule has 0 amide bonds. The summed E-state index contributed by atoms with van der Waals surface area (Å²) in [7, 11) is 0. The number of piperidine rings is 1. The van der Waals surface area contributed by atoms with Gasteiger partial charge in [-0.1, -0.05) is 11.6 Å². The van der Waals surface area contributed by atoms with Crippen LogP contribution in [0.4, 0.5) is 5.69 Å². The van der Waals surface area contributed by atoms with E-state index in [1.807, 2.05) is 6.07 Å². The highest BCUT2D eigenvalue weighted by atomic mass is 35.5. The van der Waals surface area contributed by atoms with Crippen LogP contribution in [0.15, 0.2) is 18.2 Å². The fourth-order valence-electron chi connectivity index (χ4n) is 2.98. The van der Waals surface area contributed by atoms with Crippen molar-refractivity contribution in [3.05, 3.63) is 28.8 Å². The maximum Gasteiger partial charge on any atom is 0.0476 e. The topological polar surface area (TPSA) is 35.5 Å². The molecule has 0 aromatic heterocycles. The van der Waals surface area contributed by atoms with Gasteiger partial charge >= 0.3 is 0 Å². The standard InChI is InChI=1S/C16H23ClN2O/c17-14-3-6-16(13(8-14)9-18-15-4-5-15)19-7-1-2-12(10-19)11-20/h3,6,8,12,15,18,20H,1-2,4-5,7,9-11H2. The van der Waals surface area contributed by atoms with Gasteiger partial charge in [0.25, 0.3) is 0 Å². The minimum Gasteiger partial charge on any atom is -0.396 e. The SMILES string of the molecule is OCC1CCCN(c2ccc(Cl)cc2CNC2CC2)C1. The number of anilines is 1. The average molecular weight is 295 g/mol. The smallest absolute Gasteiger partial charge is 0.0476 e. The number of hydrogen-bond donors (Lipinski definition) is 2. The van der Waals surface area contributed by atoms with Crippen molar-refractivity contribution in [2.45, 2.75) is 38.3 Å². The summed E-state index contributed by atoms with van der Waals surface area (Å²) in [6, 6.07) is 6.88. The molecule has 1 saturated carbocycles. The number of nitrogens with one attached hydrogen (secondary N) is 1. The Morgan fingerprint density at radius 3 is 2.90 bits per heavy atom. The molecule has 1 heterocycles. The maximum absolute atomic E-state index is 9.39. The second-order valence-corrected chi connectivity index (χ2v) is 6.50. The Morgan fingerprint density at radius 1 is 1.30 bits per heavy atom. The van der Waals surface area contributed by atoms with Gasteiger partial charge in [-0.05, 0) is 55.4 Å². The van der Waals surface area contributed by atoms with Gasteiger partial charge in [-0.25, -0.2) is 0 Å². The van der Waals surface area contributed by atoms with Crippen molar-refractivity contribution < 1.29 is 5.11 Å². The molecule has 1 atom stereocenters. The molecule has 0 bridgehead atoms. The van der Waals surface area contributed by atoms with Gasteiger partial charge in [-0.15, -0.1) is 0 Å². The van der Waals surface area contributed by atoms with Crippen LogP contribution in [0.3, 0.4) is 0 Å². The Bertz CT molecular complexity index is 462. The monoisotopic (exact) mass is 294 g/mol. The summed E-state index contributed by atoms with van der Waals surface area (Å²) >= 11 is 6.16. The Kier molecular flexibility index (Phi) is 4.49. The van der Waals surface area contributed by atoms with E-state index in [0.717, 1.165) is 37.5 Å². The molecule has 1 aliphatic heterocycles. The van der Waals surface area contributed by atoms with Gasteiger partial charge in [-0.2, -0.15) is 0 Å². The molecule has 4 heteroatoms. The highest BCUT2D eigenvalue weighted by Crippen LogP contribution is 2.29. The number of nitrogens with zero attached hydrogens (tertiary/aromatic N) is 1. The minimum atomic E-state index is 0.291. The van der Waals surface area contributed by atoms with E-state index in [2.05, 4.69) is 22.3 Å². The molecule has 2 fully saturated rings. The number of hydrogen-bond acceptors (Lipinski definition) is 3. The Labute approximate surface area is 125 Å². The van der Waals surface area contributed by atoms with Crippen molar-refractivity contribution >= 4 is 17.3 Å². The van der Waals surface area contributed by atoms with Crippen molar-refractivity contribution in [2.75, 3.05) is 24.6 Å². The molecular weight excluding hydrogens is 272 g/mol. The van der Waals surface area contributed by atoms with Crippen molar-refractivity contribution in [2.24, 2.45) is 5.92 Å². The average Bonchev–Trinajstić information content (AvgIpc) is 3.29. The molecule has 110 valence electrons. The predicted octanol–water partition coefficient (Wildman–Crippen LogP) is 2.80. The lowest BCUT2D eigenvalue weighted by Crippen LogP contribution is -2.37. The normalized spacial score (nSPS) is 23.1. The molecule has 2 aliphatic rings. The summed E-state index contributed by atoms with van der Waals surface area (Å²) in [4.78, 5) is 2.41. The van der Waals surface area contributed by atoms with E-state index in [-0.39, 0.29) is 0 Å². The summed E-state index contributed by atoms with van der Waals surface area (Å²) in [5, 5.41) is 13.8. The molecule has 0 spiro atoms. The van der Waals surface area contributed by atoms with Crippen LogP contribution in [0.2, 0.25) is 5.02 Å². The quantitative estimate of drug-likeness (QED) is 0.876. The summed E-state index contributed by atoms with van der Waals surface area (Å²) in [5.41, 5.74) is 2.56. The van der Waals surface area contributed by atoms with Gasteiger partial charge in [0.2, 0.25) is 0 Å². The van der Waals surface area contributed by atoms with Gasteiger partial charge in [-0.3, -0.25) is 0 Å². The molecule has 1 saturated heterocycles. The van der Waals surface area contributed by atoms with E-state index in [0.29, 0.717) is 18.6 Å². The van der Waals surface area contributed by atoms with Gasteiger partial charge in [0, 0.05) is 43.0 Å². The minimum absolute atomic E-state index is 0.291. The molecule has 1 aliphatic carbocycles. The maximum atomic E-state index is 9.39. The third-order valence-corrected chi connectivity index (χ3v) is 4.55. The van der Waals surface area contributed by atoms with Crippen LogP contribution in [0.1, 0.15) is 31.2 Å². The summed E-state index contributed by atoms with van der Waals surface area (Å²) < 4.78 is 0. The number of rotatable bonds is 5. The van der Waals surface area contributed by atoms with Crippen LogP contribution in [-0.2, 0) is 6.54 Å². The van der Waals surface area contributed by atoms with Gasteiger partial charge in [0.05, 0.1) is 0 Å². The predicted molar refractivity (Wildman–Crippen MR) is 83.3 cm³/mol. The molecule has 20 heavy (non-hydrogen) atoms. The highest BCUT2D eigenvalue weighted by molar-refractivity contribution is 6.30. The third-order valence-electron chi connectivity index (χ3n) is 4.32. The van der Waals surface area contributed by atoms with Crippen LogP contribution < -0.4 is 10.2 Å². The fraction of sp³-hybridized carbons (Fsp3) is 0.625. The van der Waals surface area contributed by atoms with Gasteiger partial charge in [0.15, 0.2) is 0 Å². The lowest BCUT2D eigenvalue weighted by Gasteiger charge is -2.35. The first kappa shape index (κ1) is 14.2. The van der Waals surface area contributed by atoms with E-state index < -0.39 is 0 Å². The first-order valence-electron chi connectivity index (χ1n) is 7.64. The summed E-state index contributed by atoms with van der Waals surface area (Å²) in [6.07, 6.45) is 4.89. The van der Waals surface area contributed by atoms with Crippen molar-refractivity contribution in [3.8, 4) is 0 Å². The van der Waals surface area contributed by atoms with E-state index in [1.165, 1.54) is 24.1 Å². The summed E-state index contributed by atoms with van der Waals surface area (Å²) in [5.74, 6) is 0.406. The second kappa shape index (κ2) is 6.33. The molecular formula is C16H23ClN2O. The van der Waals surface area contributed by atoms with E-state index in [1.54, 1.807) is 0 Å². The van der Waals surface area contributed by atoms with Crippen molar-refractivity contribution in [1.82, 2.24) is 5.32 Å². The van der Waals surface area contributed by atoms with E-state index >= 15 is 0 Å². The number of aliphatic hydroxyl groups excluding tert-OH is 1. The van der Waals surface area contributed by atoms with Crippen LogP contribution in [0.25, 0.3) is 0 Å². The fourth-order valence-corrected chi connectivity index (χ4v) is 3.17. The first-order chi connectivity index (χ1) is 9.76. The van der Waals surface area contributed by atoms with Crippen molar-refractivity contribution in [1.29, 1.82) is 0 Å². The van der Waals surface area contributed by atoms with Crippen LogP contribution in [-0.4, -0.2) is 30.8 Å². The largest absolute Gasteiger partial charge is 0.396 e. The zero-order chi connectivity index (χ0) is 13.9. The van der Waals surface area contributed by atoms with Gasteiger partial charge in [0.1, 0.15) is 0 Å². The second-order valence-electron chi connectivity index (χ2n) is 6.07. The third kappa shape index (κ3) is 3.46. The Balaban J connectivity index is 1.75.